The highest BCUT2D eigenvalue weighted by atomic mass is 35.5. The molecule has 7 nitrogen and oxygen atoms in total. The standard InChI is InChI=1S/C25H23ClN4O3/c26-21-9-3-1-6-17(21)12-19-13-27-24(33-19)18-7-5-11-30(14-18)23(31)15-32-25-20-8-2-4-10-22(20)28-16-29-25/h1-4,6,8-10,13,16,18H,5,7,11-12,14-15H2. The Balaban J connectivity index is 1.21. The third-order valence-electron chi connectivity index (χ3n) is 5.86. The van der Waals surface area contributed by atoms with Gasteiger partial charge in [-0.25, -0.2) is 15.0 Å². The van der Waals surface area contributed by atoms with E-state index < -0.39 is 0 Å². The number of aromatic nitrogens is 3. The van der Waals surface area contributed by atoms with Crippen molar-refractivity contribution < 1.29 is 13.9 Å². The summed E-state index contributed by atoms with van der Waals surface area (Å²) in [4.78, 5) is 27.6. The molecule has 0 saturated carbocycles. The van der Waals surface area contributed by atoms with Crippen LogP contribution in [0.25, 0.3) is 10.9 Å². The van der Waals surface area contributed by atoms with E-state index in [1.165, 1.54) is 6.33 Å². The number of hydrogen-bond acceptors (Lipinski definition) is 6. The van der Waals surface area contributed by atoms with E-state index in [0.717, 1.165) is 35.1 Å². The third-order valence-corrected chi connectivity index (χ3v) is 6.22. The van der Waals surface area contributed by atoms with Crippen LogP contribution in [0.15, 0.2) is 65.5 Å². The van der Waals surface area contributed by atoms with Crippen molar-refractivity contribution in [2.24, 2.45) is 0 Å². The average Bonchev–Trinajstić information content (AvgIpc) is 3.33. The molecule has 1 atom stereocenters. The van der Waals surface area contributed by atoms with Gasteiger partial charge in [0, 0.05) is 24.5 Å². The maximum Gasteiger partial charge on any atom is 0.260 e. The number of likely N-dealkylation sites (tertiary alicyclic amines) is 1. The molecule has 0 bridgehead atoms. The van der Waals surface area contributed by atoms with E-state index in [-0.39, 0.29) is 18.4 Å². The Morgan fingerprint density at radius 2 is 1.97 bits per heavy atom. The van der Waals surface area contributed by atoms with Gasteiger partial charge in [-0.3, -0.25) is 4.79 Å². The molecule has 1 aliphatic heterocycles. The van der Waals surface area contributed by atoms with Crippen LogP contribution in [0, 0.1) is 0 Å². The van der Waals surface area contributed by atoms with Crippen molar-refractivity contribution in [3.63, 3.8) is 0 Å². The molecular weight excluding hydrogens is 440 g/mol. The molecule has 1 amide bonds. The van der Waals surface area contributed by atoms with Gasteiger partial charge < -0.3 is 14.1 Å². The predicted octanol–water partition coefficient (Wildman–Crippen LogP) is 4.65. The van der Waals surface area contributed by atoms with Crippen LogP contribution < -0.4 is 4.74 Å². The van der Waals surface area contributed by atoms with Gasteiger partial charge in [0.15, 0.2) is 12.5 Å². The van der Waals surface area contributed by atoms with E-state index in [9.17, 15) is 4.79 Å². The number of carbonyl (C=O) groups excluding carboxylic acids is 1. The van der Waals surface area contributed by atoms with E-state index in [2.05, 4.69) is 15.0 Å². The van der Waals surface area contributed by atoms with Crippen LogP contribution >= 0.6 is 11.6 Å². The Bertz CT molecular complexity index is 1270. The molecule has 2 aromatic carbocycles. The van der Waals surface area contributed by atoms with Gasteiger partial charge in [0.05, 0.1) is 23.0 Å². The van der Waals surface area contributed by atoms with Crippen molar-refractivity contribution in [2.75, 3.05) is 19.7 Å². The fourth-order valence-corrected chi connectivity index (χ4v) is 4.35. The molecule has 2 aromatic heterocycles. The lowest BCUT2D eigenvalue weighted by atomic mass is 9.98. The Labute approximate surface area is 196 Å². The van der Waals surface area contributed by atoms with Crippen LogP contribution in [0.1, 0.15) is 36.0 Å². The van der Waals surface area contributed by atoms with Crippen LogP contribution in [0.2, 0.25) is 5.02 Å². The van der Waals surface area contributed by atoms with E-state index in [1.54, 1.807) is 6.20 Å². The summed E-state index contributed by atoms with van der Waals surface area (Å²) in [5.41, 5.74) is 1.78. The molecule has 0 N–H and O–H groups in total. The molecule has 1 unspecified atom stereocenters. The Morgan fingerprint density at radius 3 is 2.88 bits per heavy atom. The van der Waals surface area contributed by atoms with Gasteiger partial charge in [0.25, 0.3) is 5.91 Å². The number of piperidine rings is 1. The lowest BCUT2D eigenvalue weighted by Gasteiger charge is -2.31. The zero-order chi connectivity index (χ0) is 22.6. The molecule has 33 heavy (non-hydrogen) atoms. The Kier molecular flexibility index (Phi) is 6.21. The first-order valence-electron chi connectivity index (χ1n) is 11.0. The summed E-state index contributed by atoms with van der Waals surface area (Å²) >= 11 is 6.26. The largest absolute Gasteiger partial charge is 0.467 e. The highest BCUT2D eigenvalue weighted by Crippen LogP contribution is 2.28. The van der Waals surface area contributed by atoms with E-state index in [4.69, 9.17) is 20.8 Å². The number of halogens is 1. The summed E-state index contributed by atoms with van der Waals surface area (Å²) in [7, 11) is 0. The lowest BCUT2D eigenvalue weighted by Crippen LogP contribution is -2.41. The van der Waals surface area contributed by atoms with Gasteiger partial charge >= 0.3 is 0 Å². The number of rotatable bonds is 6. The van der Waals surface area contributed by atoms with Crippen LogP contribution in [-0.4, -0.2) is 45.5 Å². The quantitative estimate of drug-likeness (QED) is 0.415. The topological polar surface area (TPSA) is 81.4 Å². The first-order chi connectivity index (χ1) is 16.2. The maximum atomic E-state index is 12.9. The van der Waals surface area contributed by atoms with Crippen molar-refractivity contribution in [3.05, 3.63) is 83.3 Å². The SMILES string of the molecule is O=C(COc1ncnc2ccccc12)N1CCCC(c2ncc(Cc3ccccc3Cl)o2)C1. The van der Waals surface area contributed by atoms with E-state index >= 15 is 0 Å². The molecule has 4 aromatic rings. The van der Waals surface area contributed by atoms with Crippen LogP contribution in [0.5, 0.6) is 5.88 Å². The number of hydrogen-bond donors (Lipinski definition) is 0. The van der Waals surface area contributed by atoms with Gasteiger partial charge in [-0.1, -0.05) is 41.9 Å². The number of nitrogens with zero attached hydrogens (tertiary/aromatic N) is 4. The van der Waals surface area contributed by atoms with Gasteiger partial charge in [-0.2, -0.15) is 0 Å². The number of para-hydroxylation sites is 1. The minimum absolute atomic E-state index is 0.0579. The highest BCUT2D eigenvalue weighted by molar-refractivity contribution is 6.31. The van der Waals surface area contributed by atoms with Crippen molar-refractivity contribution in [3.8, 4) is 5.88 Å². The molecule has 0 spiro atoms. The zero-order valence-electron chi connectivity index (χ0n) is 18.0. The Morgan fingerprint density at radius 1 is 1.12 bits per heavy atom. The van der Waals surface area contributed by atoms with Crippen LogP contribution in [-0.2, 0) is 11.2 Å². The molecule has 1 aliphatic rings. The summed E-state index contributed by atoms with van der Waals surface area (Å²) in [6, 6.07) is 15.3. The summed E-state index contributed by atoms with van der Waals surface area (Å²) < 4.78 is 11.8. The summed E-state index contributed by atoms with van der Waals surface area (Å²) in [6.07, 6.45) is 5.59. The molecule has 3 heterocycles. The highest BCUT2D eigenvalue weighted by Gasteiger charge is 2.28. The van der Waals surface area contributed by atoms with Gasteiger partial charge in [0.1, 0.15) is 12.1 Å². The summed E-state index contributed by atoms with van der Waals surface area (Å²) in [6.45, 7) is 1.17. The van der Waals surface area contributed by atoms with Gasteiger partial charge in [-0.15, -0.1) is 0 Å². The molecule has 0 aliphatic carbocycles. The number of carbonyl (C=O) groups is 1. The van der Waals surface area contributed by atoms with E-state index in [1.807, 2.05) is 53.4 Å². The normalized spacial score (nSPS) is 16.2. The number of fused-ring (bicyclic) bond motifs is 1. The predicted molar refractivity (Wildman–Crippen MR) is 124 cm³/mol. The van der Waals surface area contributed by atoms with Crippen LogP contribution in [0.4, 0.5) is 0 Å². The van der Waals surface area contributed by atoms with Gasteiger partial charge in [-0.05, 0) is 36.6 Å². The average molecular weight is 463 g/mol. The number of benzene rings is 2. The summed E-state index contributed by atoms with van der Waals surface area (Å²) in [5, 5.41) is 1.50. The fraction of sp³-hybridized carbons (Fsp3) is 0.280. The molecule has 1 saturated heterocycles. The van der Waals surface area contributed by atoms with Crippen molar-refractivity contribution >= 4 is 28.4 Å². The third kappa shape index (κ3) is 4.83. The van der Waals surface area contributed by atoms with Crippen molar-refractivity contribution in [1.82, 2.24) is 19.9 Å². The minimum Gasteiger partial charge on any atom is -0.467 e. The maximum absolute atomic E-state index is 12.9. The Hall–Kier alpha value is -3.45. The van der Waals surface area contributed by atoms with Crippen molar-refractivity contribution in [2.45, 2.75) is 25.2 Å². The number of ether oxygens (including phenoxy) is 1. The number of amides is 1. The lowest BCUT2D eigenvalue weighted by molar-refractivity contribution is -0.134. The van der Waals surface area contributed by atoms with E-state index in [0.29, 0.717) is 36.3 Å². The van der Waals surface area contributed by atoms with Crippen molar-refractivity contribution in [1.29, 1.82) is 0 Å². The van der Waals surface area contributed by atoms with Crippen LogP contribution in [0.3, 0.4) is 0 Å². The molecule has 0 radical (unpaired) electrons. The second-order valence-electron chi connectivity index (χ2n) is 8.10. The second-order valence-corrected chi connectivity index (χ2v) is 8.50. The first-order valence-corrected chi connectivity index (χ1v) is 11.3. The molecule has 168 valence electrons. The van der Waals surface area contributed by atoms with Gasteiger partial charge in [0.2, 0.25) is 5.88 Å². The number of oxazole rings is 1. The molecule has 1 fully saturated rings. The smallest absolute Gasteiger partial charge is 0.260 e. The zero-order valence-corrected chi connectivity index (χ0v) is 18.7. The second kappa shape index (κ2) is 9.58. The summed E-state index contributed by atoms with van der Waals surface area (Å²) in [5.74, 6) is 1.82. The molecule has 8 heteroatoms. The molecular formula is C25H23ClN4O3. The first kappa shape index (κ1) is 21.4. The monoisotopic (exact) mass is 462 g/mol. The minimum atomic E-state index is -0.0785. The molecule has 5 rings (SSSR count). The fourth-order valence-electron chi connectivity index (χ4n) is 4.14.